The number of carbonyl (C=O) groups is 1. The Morgan fingerprint density at radius 2 is 1.77 bits per heavy atom. The van der Waals surface area contributed by atoms with Crippen LogP contribution in [0.5, 0.6) is 0 Å². The molecule has 150 valence electrons. The van der Waals surface area contributed by atoms with Crippen molar-refractivity contribution in [1.82, 2.24) is 0 Å². The number of halogens is 2. The van der Waals surface area contributed by atoms with Gasteiger partial charge in [-0.15, -0.1) is 0 Å². The van der Waals surface area contributed by atoms with Crippen LogP contribution >= 0.6 is 31.9 Å². The van der Waals surface area contributed by atoms with Crippen LogP contribution in [0.25, 0.3) is 17.4 Å². The zero-order valence-corrected chi connectivity index (χ0v) is 18.7. The summed E-state index contributed by atoms with van der Waals surface area (Å²) in [5.74, 6) is 0.722. The molecule has 2 aromatic carbocycles. The largest absolute Gasteiger partial charge is 0.457 e. The van der Waals surface area contributed by atoms with Crippen molar-refractivity contribution in [3.05, 3.63) is 85.0 Å². The molecular weight excluding hydrogens is 518 g/mol. The van der Waals surface area contributed by atoms with Crippen molar-refractivity contribution < 1.29 is 14.1 Å². The lowest BCUT2D eigenvalue weighted by molar-refractivity contribution is -0.385. The number of carbonyl (C=O) groups excluding carboxylic acids is 1. The first-order chi connectivity index (χ1) is 14.3. The minimum absolute atomic E-state index is 0.0456. The van der Waals surface area contributed by atoms with Crippen LogP contribution in [0.4, 0.5) is 11.4 Å². The van der Waals surface area contributed by atoms with Gasteiger partial charge in [0.25, 0.3) is 11.6 Å². The Bertz CT molecular complexity index is 1210. The smallest absolute Gasteiger partial charge is 0.280 e. The summed E-state index contributed by atoms with van der Waals surface area (Å²) < 4.78 is 6.93. The first-order valence-corrected chi connectivity index (χ1v) is 10.3. The Kier molecular flexibility index (Phi) is 5.40. The molecule has 7 nitrogen and oxygen atoms in total. The van der Waals surface area contributed by atoms with Gasteiger partial charge in [0, 0.05) is 26.6 Å². The van der Waals surface area contributed by atoms with Gasteiger partial charge in [0.2, 0.25) is 0 Å². The second kappa shape index (κ2) is 8.00. The number of hydrogen-bond donors (Lipinski definition) is 0. The van der Waals surface area contributed by atoms with E-state index in [0.717, 1.165) is 0 Å². The summed E-state index contributed by atoms with van der Waals surface area (Å²) in [6.07, 6.45) is 1.64. The summed E-state index contributed by atoms with van der Waals surface area (Å²) in [5, 5.41) is 16.7. The second-order valence-electron chi connectivity index (χ2n) is 6.44. The number of amides is 1. The average Bonchev–Trinajstić information content (AvgIpc) is 3.28. The number of rotatable bonds is 4. The molecular formula is C21H13Br2N3O4. The highest BCUT2D eigenvalue weighted by Gasteiger charge is 2.29. The molecule has 0 atom stereocenters. The highest BCUT2D eigenvalue weighted by molar-refractivity contribution is 9.11. The molecule has 1 aliphatic rings. The van der Waals surface area contributed by atoms with Gasteiger partial charge in [-0.1, -0.05) is 18.2 Å². The summed E-state index contributed by atoms with van der Waals surface area (Å²) in [6.45, 7) is 1.76. The fourth-order valence-electron chi connectivity index (χ4n) is 3.04. The van der Waals surface area contributed by atoms with E-state index < -0.39 is 4.92 Å². The molecule has 3 aromatic rings. The van der Waals surface area contributed by atoms with Gasteiger partial charge >= 0.3 is 0 Å². The number of furan rings is 1. The molecule has 30 heavy (non-hydrogen) atoms. The van der Waals surface area contributed by atoms with E-state index in [4.69, 9.17) is 4.42 Å². The quantitative estimate of drug-likeness (QED) is 0.228. The number of para-hydroxylation sites is 1. The van der Waals surface area contributed by atoms with Gasteiger partial charge in [-0.3, -0.25) is 14.9 Å². The van der Waals surface area contributed by atoms with Gasteiger partial charge in [-0.2, -0.15) is 10.1 Å². The maximum absolute atomic E-state index is 12.8. The molecule has 0 aliphatic carbocycles. The first kappa shape index (κ1) is 20.2. The molecule has 0 radical (unpaired) electrons. The van der Waals surface area contributed by atoms with Crippen LogP contribution in [0.3, 0.4) is 0 Å². The van der Waals surface area contributed by atoms with Gasteiger partial charge in [0.15, 0.2) is 0 Å². The number of hydrogen-bond acceptors (Lipinski definition) is 5. The Morgan fingerprint density at radius 1 is 1.10 bits per heavy atom. The van der Waals surface area contributed by atoms with Gasteiger partial charge in [-0.25, -0.2) is 0 Å². The molecule has 1 amide bonds. The maximum Gasteiger partial charge on any atom is 0.280 e. The van der Waals surface area contributed by atoms with Crippen molar-refractivity contribution in [2.75, 3.05) is 5.01 Å². The standard InChI is InChI=1S/C21H13Br2N3O4/c1-12-16(21(27)25(24-12)13-5-3-2-4-6-13)11-15-7-8-19(30-15)20-17(22)9-14(26(28)29)10-18(20)23/h2-11H,1H3/b16-11-. The fourth-order valence-corrected chi connectivity index (χ4v) is 4.59. The lowest BCUT2D eigenvalue weighted by Crippen LogP contribution is -2.21. The van der Waals surface area contributed by atoms with Gasteiger partial charge in [0.1, 0.15) is 11.5 Å². The van der Waals surface area contributed by atoms with Crippen molar-refractivity contribution in [2.45, 2.75) is 6.92 Å². The van der Waals surface area contributed by atoms with Gasteiger partial charge in [0.05, 0.1) is 21.9 Å². The van der Waals surface area contributed by atoms with Crippen molar-refractivity contribution >= 4 is 60.9 Å². The van der Waals surface area contributed by atoms with Gasteiger partial charge < -0.3 is 4.42 Å². The number of non-ortho nitro benzene ring substituents is 1. The summed E-state index contributed by atoms with van der Waals surface area (Å²) >= 11 is 6.73. The third-order valence-corrected chi connectivity index (χ3v) is 5.71. The van der Waals surface area contributed by atoms with Crippen LogP contribution in [-0.4, -0.2) is 16.5 Å². The third-order valence-electron chi connectivity index (χ3n) is 4.46. The molecule has 0 bridgehead atoms. The van der Waals surface area contributed by atoms with Crippen molar-refractivity contribution in [3.63, 3.8) is 0 Å². The van der Waals surface area contributed by atoms with Crippen molar-refractivity contribution in [1.29, 1.82) is 0 Å². The molecule has 4 rings (SSSR count). The number of nitrogens with zero attached hydrogens (tertiary/aromatic N) is 3. The molecule has 0 unspecified atom stereocenters. The Hall–Kier alpha value is -3.04. The van der Waals surface area contributed by atoms with Crippen LogP contribution in [0, 0.1) is 10.1 Å². The molecule has 0 saturated carbocycles. The van der Waals surface area contributed by atoms with Crippen molar-refractivity contribution in [3.8, 4) is 11.3 Å². The molecule has 1 aliphatic heterocycles. The van der Waals surface area contributed by atoms with Crippen LogP contribution in [0.2, 0.25) is 0 Å². The average molecular weight is 531 g/mol. The number of nitro groups is 1. The molecule has 0 fully saturated rings. The summed E-state index contributed by atoms with van der Waals surface area (Å²) in [7, 11) is 0. The number of benzene rings is 2. The number of anilines is 1. The number of hydrazone groups is 1. The topological polar surface area (TPSA) is 89.0 Å². The van der Waals surface area contributed by atoms with E-state index in [-0.39, 0.29) is 11.6 Å². The minimum Gasteiger partial charge on any atom is -0.457 e. The van der Waals surface area contributed by atoms with E-state index in [1.807, 2.05) is 30.3 Å². The summed E-state index contributed by atoms with van der Waals surface area (Å²) in [5.41, 5.74) is 2.29. The van der Waals surface area contributed by atoms with Crippen LogP contribution in [0.15, 0.2) is 78.6 Å². The monoisotopic (exact) mass is 529 g/mol. The normalized spacial score (nSPS) is 15.0. The summed E-state index contributed by atoms with van der Waals surface area (Å²) in [6, 6.07) is 15.5. The molecule has 2 heterocycles. The first-order valence-electron chi connectivity index (χ1n) is 8.75. The second-order valence-corrected chi connectivity index (χ2v) is 8.15. The lowest BCUT2D eigenvalue weighted by atomic mass is 10.1. The van der Waals surface area contributed by atoms with Crippen LogP contribution < -0.4 is 5.01 Å². The van der Waals surface area contributed by atoms with E-state index in [0.29, 0.717) is 43.0 Å². The molecule has 0 saturated heterocycles. The van der Waals surface area contributed by atoms with Crippen LogP contribution in [0.1, 0.15) is 12.7 Å². The Morgan fingerprint density at radius 3 is 2.40 bits per heavy atom. The fraction of sp³-hybridized carbons (Fsp3) is 0.0476. The summed E-state index contributed by atoms with van der Waals surface area (Å²) in [4.78, 5) is 23.4. The molecule has 0 spiro atoms. The zero-order chi connectivity index (χ0) is 21.4. The predicted octanol–water partition coefficient (Wildman–Crippen LogP) is 6.19. The number of nitro benzene ring substituents is 1. The van der Waals surface area contributed by atoms with Crippen LogP contribution in [-0.2, 0) is 4.79 Å². The van der Waals surface area contributed by atoms with E-state index >= 15 is 0 Å². The Balaban J connectivity index is 1.66. The molecule has 0 N–H and O–H groups in total. The van der Waals surface area contributed by atoms with Gasteiger partial charge in [-0.05, 0) is 69.1 Å². The highest BCUT2D eigenvalue weighted by Crippen LogP contribution is 2.39. The lowest BCUT2D eigenvalue weighted by Gasteiger charge is -2.10. The molecule has 1 aromatic heterocycles. The van der Waals surface area contributed by atoms with E-state index in [2.05, 4.69) is 37.0 Å². The van der Waals surface area contributed by atoms with E-state index in [1.165, 1.54) is 17.1 Å². The van der Waals surface area contributed by atoms with E-state index in [1.54, 1.807) is 25.1 Å². The Labute approximate surface area is 188 Å². The third kappa shape index (κ3) is 3.73. The van der Waals surface area contributed by atoms with E-state index in [9.17, 15) is 14.9 Å². The minimum atomic E-state index is -0.469. The predicted molar refractivity (Wildman–Crippen MR) is 121 cm³/mol. The SMILES string of the molecule is CC1=NN(c2ccccc2)C(=O)/C1=C\c1ccc(-c2c(Br)cc([N+](=O)[O-])cc2Br)o1. The molecule has 9 heteroatoms. The zero-order valence-electron chi connectivity index (χ0n) is 15.5. The maximum atomic E-state index is 12.8. The highest BCUT2D eigenvalue weighted by atomic mass is 79.9. The van der Waals surface area contributed by atoms with Crippen molar-refractivity contribution in [2.24, 2.45) is 5.10 Å².